The van der Waals surface area contributed by atoms with Gasteiger partial charge < -0.3 is 34.4 Å². The Kier molecular flexibility index (Phi) is 15.1. The Bertz CT molecular complexity index is 1440. The van der Waals surface area contributed by atoms with E-state index in [1.54, 1.807) is 42.2 Å². The molecular formula is C35H54N4O8S. The van der Waals surface area contributed by atoms with Crippen LogP contribution < -0.4 is 14.8 Å². The van der Waals surface area contributed by atoms with Gasteiger partial charge in [-0.3, -0.25) is 9.59 Å². The molecule has 0 aromatic heterocycles. The quantitative estimate of drug-likeness (QED) is 0.337. The van der Waals surface area contributed by atoms with Gasteiger partial charge in [-0.15, -0.1) is 0 Å². The number of nitrogens with zero attached hydrogens (tertiary/aromatic N) is 3. The normalized spacial score (nSPS) is 20.5. The third-order valence-corrected chi connectivity index (χ3v) is 10.4. The summed E-state index contributed by atoms with van der Waals surface area (Å²) in [5.41, 5.74) is 0.750. The summed E-state index contributed by atoms with van der Waals surface area (Å²) in [6, 6.07) is 10.7. The maximum absolute atomic E-state index is 14.3. The lowest BCUT2D eigenvalue weighted by Gasteiger charge is -2.35. The molecule has 0 unspecified atom stereocenters. The van der Waals surface area contributed by atoms with Crippen LogP contribution in [0.5, 0.6) is 11.5 Å². The van der Waals surface area contributed by atoms with Gasteiger partial charge in [0.1, 0.15) is 11.5 Å². The molecule has 48 heavy (non-hydrogen) atoms. The molecule has 4 atom stereocenters. The van der Waals surface area contributed by atoms with E-state index in [-0.39, 0.29) is 54.0 Å². The second kappa shape index (κ2) is 18.5. The first-order chi connectivity index (χ1) is 22.8. The number of anilines is 1. The number of methoxy groups -OCH3 is 1. The van der Waals surface area contributed by atoms with Crippen molar-refractivity contribution in [2.45, 2.75) is 76.0 Å². The highest BCUT2D eigenvalue weighted by atomic mass is 32.2. The van der Waals surface area contributed by atoms with E-state index in [0.29, 0.717) is 43.1 Å². The van der Waals surface area contributed by atoms with Crippen molar-refractivity contribution in [3.8, 4) is 11.5 Å². The SMILES string of the molecule is COc1ccc(S(=O)(=O)N(C)C[C@@H]2OCCCC[C@H](C)Oc3ccc(NC(=O)CCCN(C)C)cc3C(=O)N([C@H](C)CO)C[C@H]2C)cc1. The van der Waals surface area contributed by atoms with Crippen molar-refractivity contribution in [3.05, 3.63) is 48.0 Å². The second-order valence-corrected chi connectivity index (χ2v) is 15.0. The van der Waals surface area contributed by atoms with Crippen LogP contribution in [0.2, 0.25) is 0 Å². The Balaban J connectivity index is 1.92. The summed E-state index contributed by atoms with van der Waals surface area (Å²) in [7, 11) is 3.10. The van der Waals surface area contributed by atoms with Gasteiger partial charge in [-0.05, 0) is 103 Å². The van der Waals surface area contributed by atoms with Crippen LogP contribution >= 0.6 is 0 Å². The van der Waals surface area contributed by atoms with Crippen LogP contribution in [-0.4, -0.2) is 119 Å². The first-order valence-electron chi connectivity index (χ1n) is 16.7. The van der Waals surface area contributed by atoms with E-state index >= 15 is 0 Å². The number of amides is 2. The monoisotopic (exact) mass is 690 g/mol. The highest BCUT2D eigenvalue weighted by Crippen LogP contribution is 2.29. The van der Waals surface area contributed by atoms with Crippen molar-refractivity contribution in [2.75, 3.05) is 66.4 Å². The van der Waals surface area contributed by atoms with Gasteiger partial charge in [0.2, 0.25) is 15.9 Å². The molecule has 0 fully saturated rings. The fourth-order valence-electron chi connectivity index (χ4n) is 5.52. The Morgan fingerprint density at radius 3 is 2.48 bits per heavy atom. The molecule has 0 aliphatic carbocycles. The number of fused-ring (bicyclic) bond motifs is 1. The predicted molar refractivity (Wildman–Crippen MR) is 186 cm³/mol. The first-order valence-corrected chi connectivity index (χ1v) is 18.1. The molecule has 1 aliphatic rings. The second-order valence-electron chi connectivity index (χ2n) is 12.9. The van der Waals surface area contributed by atoms with E-state index in [4.69, 9.17) is 14.2 Å². The number of rotatable bonds is 12. The van der Waals surface area contributed by atoms with Gasteiger partial charge >= 0.3 is 0 Å². The Labute approximate surface area is 286 Å². The van der Waals surface area contributed by atoms with Gasteiger partial charge in [0, 0.05) is 44.8 Å². The topological polar surface area (TPSA) is 138 Å². The van der Waals surface area contributed by atoms with Crippen LogP contribution in [0.1, 0.15) is 63.2 Å². The number of sulfonamides is 1. The lowest BCUT2D eigenvalue weighted by atomic mass is 10.0. The van der Waals surface area contributed by atoms with Crippen molar-refractivity contribution in [3.63, 3.8) is 0 Å². The summed E-state index contributed by atoms with van der Waals surface area (Å²) in [5, 5.41) is 13.1. The largest absolute Gasteiger partial charge is 0.497 e. The zero-order chi connectivity index (χ0) is 35.4. The zero-order valence-electron chi connectivity index (χ0n) is 29.5. The van der Waals surface area contributed by atoms with E-state index in [9.17, 15) is 23.1 Å². The maximum atomic E-state index is 14.3. The minimum Gasteiger partial charge on any atom is -0.497 e. The lowest BCUT2D eigenvalue weighted by molar-refractivity contribution is -0.116. The summed E-state index contributed by atoms with van der Waals surface area (Å²) in [6.45, 7) is 6.76. The summed E-state index contributed by atoms with van der Waals surface area (Å²) >= 11 is 0. The molecule has 1 heterocycles. The van der Waals surface area contributed by atoms with Crippen molar-refractivity contribution < 1.29 is 37.3 Å². The van der Waals surface area contributed by atoms with Gasteiger partial charge in [-0.2, -0.15) is 4.31 Å². The zero-order valence-corrected chi connectivity index (χ0v) is 30.3. The summed E-state index contributed by atoms with van der Waals surface area (Å²) in [6.07, 6.45) is 2.55. The van der Waals surface area contributed by atoms with Crippen LogP contribution in [0, 0.1) is 5.92 Å². The number of ether oxygens (including phenoxy) is 3. The van der Waals surface area contributed by atoms with E-state index in [1.165, 1.54) is 30.6 Å². The van der Waals surface area contributed by atoms with E-state index in [1.807, 2.05) is 32.8 Å². The number of carbonyl (C=O) groups is 2. The minimum atomic E-state index is -3.84. The predicted octanol–water partition coefficient (Wildman–Crippen LogP) is 4.09. The van der Waals surface area contributed by atoms with Crippen LogP contribution in [0.3, 0.4) is 0 Å². The Morgan fingerprint density at radius 1 is 1.12 bits per heavy atom. The number of aliphatic hydroxyl groups is 1. The number of hydrogen-bond acceptors (Lipinski definition) is 9. The van der Waals surface area contributed by atoms with E-state index < -0.39 is 22.2 Å². The molecule has 2 aromatic rings. The van der Waals surface area contributed by atoms with Gasteiger partial charge in [-0.25, -0.2) is 8.42 Å². The van der Waals surface area contributed by atoms with Crippen molar-refractivity contribution >= 4 is 27.5 Å². The van der Waals surface area contributed by atoms with E-state index in [2.05, 4.69) is 5.32 Å². The molecule has 2 amide bonds. The number of hydrogen-bond donors (Lipinski definition) is 2. The molecule has 0 saturated heterocycles. The molecule has 13 heteroatoms. The molecule has 2 N–H and O–H groups in total. The molecule has 3 rings (SSSR count). The van der Waals surface area contributed by atoms with Crippen LogP contribution in [0.25, 0.3) is 0 Å². The average Bonchev–Trinajstić information content (AvgIpc) is 3.05. The number of carbonyl (C=O) groups excluding carboxylic acids is 2. The Hall–Kier alpha value is -3.23. The summed E-state index contributed by atoms with van der Waals surface area (Å²) < 4.78 is 46.1. The summed E-state index contributed by atoms with van der Waals surface area (Å²) in [4.78, 5) is 30.7. The van der Waals surface area contributed by atoms with Gasteiger partial charge in [0.25, 0.3) is 5.91 Å². The Morgan fingerprint density at radius 2 is 1.83 bits per heavy atom. The molecule has 1 aliphatic heterocycles. The maximum Gasteiger partial charge on any atom is 0.258 e. The van der Waals surface area contributed by atoms with Crippen LogP contribution in [-0.2, 0) is 19.6 Å². The lowest BCUT2D eigenvalue weighted by Crippen LogP contribution is -2.48. The van der Waals surface area contributed by atoms with Crippen LogP contribution in [0.4, 0.5) is 5.69 Å². The molecule has 2 aromatic carbocycles. The third kappa shape index (κ3) is 11.2. The van der Waals surface area contributed by atoms with Crippen molar-refractivity contribution in [1.29, 1.82) is 0 Å². The average molecular weight is 691 g/mol. The highest BCUT2D eigenvalue weighted by molar-refractivity contribution is 7.89. The molecule has 0 bridgehead atoms. The number of likely N-dealkylation sites (N-methyl/N-ethyl adjacent to an activating group) is 1. The molecule has 0 radical (unpaired) electrons. The van der Waals surface area contributed by atoms with Gasteiger partial charge in [0.05, 0.1) is 42.4 Å². The molecule has 0 saturated carbocycles. The molecule has 12 nitrogen and oxygen atoms in total. The molecule has 0 spiro atoms. The smallest absolute Gasteiger partial charge is 0.258 e. The van der Waals surface area contributed by atoms with Gasteiger partial charge in [0.15, 0.2) is 0 Å². The number of aliphatic hydroxyl groups excluding tert-OH is 1. The minimum absolute atomic E-state index is 0.0607. The van der Waals surface area contributed by atoms with Crippen molar-refractivity contribution in [1.82, 2.24) is 14.1 Å². The standard InChI is InChI=1S/C35H54N4O8S/c1-25-22-39(26(2)24-40)35(42)31-21-28(36-34(41)12-10-19-37(4)5)13-18-32(31)47-27(3)11-8-9-20-46-33(25)23-38(6)48(43,44)30-16-14-29(45-7)15-17-30/h13-18,21,25-27,33,40H,8-12,19-20,22-24H2,1-7H3,(H,36,41)/t25-,26-,27+,33+/m1/s1. The summed E-state index contributed by atoms with van der Waals surface area (Å²) in [5.74, 6) is 0.114. The number of benzene rings is 2. The first kappa shape index (κ1) is 39.2. The fourth-order valence-corrected chi connectivity index (χ4v) is 6.70. The van der Waals surface area contributed by atoms with Crippen LogP contribution in [0.15, 0.2) is 47.4 Å². The van der Waals surface area contributed by atoms with Gasteiger partial charge in [-0.1, -0.05) is 6.92 Å². The molecule has 268 valence electrons. The van der Waals surface area contributed by atoms with Crippen molar-refractivity contribution in [2.24, 2.45) is 5.92 Å². The molecular weight excluding hydrogens is 636 g/mol. The highest BCUT2D eigenvalue weighted by Gasteiger charge is 2.32. The number of nitrogens with one attached hydrogen (secondary N) is 1. The fraction of sp³-hybridized carbons (Fsp3) is 0.600. The third-order valence-electron chi connectivity index (χ3n) is 8.55. The van der Waals surface area contributed by atoms with E-state index in [0.717, 1.165) is 19.4 Å².